The predicted octanol–water partition coefficient (Wildman–Crippen LogP) is 2.09. The van der Waals surface area contributed by atoms with Gasteiger partial charge in [-0.1, -0.05) is 35.2 Å². The van der Waals surface area contributed by atoms with E-state index in [4.69, 9.17) is 0 Å². The van der Waals surface area contributed by atoms with E-state index in [1.165, 1.54) is 35.8 Å². The van der Waals surface area contributed by atoms with Gasteiger partial charge in [0.2, 0.25) is 0 Å². The van der Waals surface area contributed by atoms with Crippen molar-refractivity contribution in [3.8, 4) is 0 Å². The molecule has 0 atom stereocenters. The fourth-order valence-electron chi connectivity index (χ4n) is 1.94. The zero-order valence-corrected chi connectivity index (χ0v) is 12.5. The smallest absolute Gasteiger partial charge is 0.183 e. The lowest BCUT2D eigenvalue weighted by atomic mass is 10.2. The first-order chi connectivity index (χ1) is 10.6. The summed E-state index contributed by atoms with van der Waals surface area (Å²) in [5.41, 5.74) is 1.54. The van der Waals surface area contributed by atoms with Crippen LogP contribution in [0.5, 0.6) is 0 Å². The molecule has 0 spiro atoms. The Morgan fingerprint density at radius 2 is 2.14 bits per heavy atom. The van der Waals surface area contributed by atoms with E-state index in [1.54, 1.807) is 18.2 Å². The Morgan fingerprint density at radius 3 is 2.91 bits per heavy atom. The number of ketones is 1. The monoisotopic (exact) mass is 317 g/mol. The van der Waals surface area contributed by atoms with Crippen molar-refractivity contribution in [2.24, 2.45) is 0 Å². The van der Waals surface area contributed by atoms with Crippen LogP contribution in [0, 0.1) is 5.82 Å². The number of nitrogens with zero attached hydrogens (tertiary/aromatic N) is 5. The van der Waals surface area contributed by atoms with Gasteiger partial charge >= 0.3 is 0 Å². The minimum absolute atomic E-state index is 0.0514. The van der Waals surface area contributed by atoms with Gasteiger partial charge in [0.05, 0.1) is 12.3 Å². The lowest BCUT2D eigenvalue weighted by Crippen LogP contribution is -2.05. The summed E-state index contributed by atoms with van der Waals surface area (Å²) in [6.07, 6.45) is 1.39. The molecule has 0 aliphatic rings. The fraction of sp³-hybridized carbons (Fsp3) is 0.214. The predicted molar refractivity (Wildman–Crippen MR) is 80.0 cm³/mol. The highest BCUT2D eigenvalue weighted by molar-refractivity contribution is 8.00. The molecular weight excluding hydrogens is 305 g/mol. The van der Waals surface area contributed by atoms with Gasteiger partial charge in [0.1, 0.15) is 23.0 Å². The second kappa shape index (κ2) is 6.18. The van der Waals surface area contributed by atoms with Gasteiger partial charge in [-0.3, -0.25) is 4.79 Å². The highest BCUT2D eigenvalue weighted by Gasteiger charge is 2.14. The van der Waals surface area contributed by atoms with Crippen LogP contribution in [-0.4, -0.2) is 36.5 Å². The van der Waals surface area contributed by atoms with E-state index in [0.29, 0.717) is 27.5 Å². The fourth-order valence-corrected chi connectivity index (χ4v) is 2.67. The summed E-state index contributed by atoms with van der Waals surface area (Å²) < 4.78 is 15.3. The van der Waals surface area contributed by atoms with Gasteiger partial charge < -0.3 is 0 Å². The zero-order chi connectivity index (χ0) is 15.5. The van der Waals surface area contributed by atoms with E-state index in [2.05, 4.69) is 20.3 Å². The number of carbonyl (C=O) groups is 1. The van der Waals surface area contributed by atoms with Crippen LogP contribution in [0.15, 0.2) is 35.6 Å². The van der Waals surface area contributed by atoms with Crippen molar-refractivity contribution in [3.63, 3.8) is 0 Å². The molecule has 2 heterocycles. The molecule has 0 fully saturated rings. The summed E-state index contributed by atoms with van der Waals surface area (Å²) in [6, 6.07) is 6.49. The van der Waals surface area contributed by atoms with Crippen LogP contribution in [0.2, 0.25) is 0 Å². The average molecular weight is 317 g/mol. The molecule has 0 unspecified atom stereocenters. The van der Waals surface area contributed by atoms with Crippen molar-refractivity contribution in [2.45, 2.75) is 18.5 Å². The van der Waals surface area contributed by atoms with Crippen LogP contribution in [0.4, 0.5) is 4.39 Å². The molecule has 0 saturated carbocycles. The van der Waals surface area contributed by atoms with Crippen molar-refractivity contribution < 1.29 is 9.18 Å². The van der Waals surface area contributed by atoms with E-state index < -0.39 is 0 Å². The zero-order valence-electron chi connectivity index (χ0n) is 11.7. The number of halogens is 1. The molecule has 1 aromatic carbocycles. The summed E-state index contributed by atoms with van der Waals surface area (Å²) in [5, 5.41) is 8.67. The van der Waals surface area contributed by atoms with Crippen LogP contribution in [0.3, 0.4) is 0 Å². The summed E-state index contributed by atoms with van der Waals surface area (Å²) in [7, 11) is 0. The molecule has 22 heavy (non-hydrogen) atoms. The molecule has 2 aromatic heterocycles. The maximum absolute atomic E-state index is 13.7. The van der Waals surface area contributed by atoms with Crippen molar-refractivity contribution in [2.75, 3.05) is 5.75 Å². The molecule has 0 aliphatic heterocycles. The van der Waals surface area contributed by atoms with E-state index in [-0.39, 0.29) is 18.1 Å². The molecule has 0 radical (unpaired) electrons. The number of fused-ring (bicyclic) bond motifs is 1. The number of rotatable bonds is 5. The van der Waals surface area contributed by atoms with Crippen molar-refractivity contribution >= 4 is 28.7 Å². The van der Waals surface area contributed by atoms with Crippen LogP contribution >= 0.6 is 11.8 Å². The van der Waals surface area contributed by atoms with Gasteiger partial charge in [0.15, 0.2) is 11.2 Å². The Kier molecular flexibility index (Phi) is 4.10. The Morgan fingerprint density at radius 1 is 1.32 bits per heavy atom. The maximum Gasteiger partial charge on any atom is 0.183 e. The first kappa shape index (κ1) is 14.6. The van der Waals surface area contributed by atoms with Crippen molar-refractivity contribution in [3.05, 3.63) is 42.0 Å². The number of thioether (sulfide) groups is 1. The van der Waals surface area contributed by atoms with Gasteiger partial charge in [-0.2, -0.15) is 0 Å². The lowest BCUT2D eigenvalue weighted by molar-refractivity contribution is -0.114. The SMILES string of the molecule is CC(=O)CSc1ncnc2c1nnn2Cc1ccccc1F. The maximum atomic E-state index is 13.7. The van der Waals surface area contributed by atoms with Gasteiger partial charge in [0, 0.05) is 5.56 Å². The first-order valence-corrected chi connectivity index (χ1v) is 7.53. The normalized spacial score (nSPS) is 11.0. The van der Waals surface area contributed by atoms with E-state index >= 15 is 0 Å². The van der Waals surface area contributed by atoms with E-state index in [0.717, 1.165) is 0 Å². The van der Waals surface area contributed by atoms with Gasteiger partial charge in [0.25, 0.3) is 0 Å². The highest BCUT2D eigenvalue weighted by atomic mass is 32.2. The Bertz CT molecular complexity index is 835. The molecule has 8 heteroatoms. The minimum Gasteiger partial charge on any atom is -0.299 e. The number of benzene rings is 1. The molecule has 0 saturated heterocycles. The molecule has 112 valence electrons. The number of hydrogen-bond acceptors (Lipinski definition) is 6. The van der Waals surface area contributed by atoms with E-state index in [9.17, 15) is 9.18 Å². The van der Waals surface area contributed by atoms with Gasteiger partial charge in [-0.05, 0) is 13.0 Å². The van der Waals surface area contributed by atoms with Crippen LogP contribution in [-0.2, 0) is 11.3 Å². The standard InChI is InChI=1S/C14H12FN5OS/c1-9(21)7-22-14-12-13(16-8-17-14)20(19-18-12)6-10-4-2-3-5-11(10)15/h2-5,8H,6-7H2,1H3. The highest BCUT2D eigenvalue weighted by Crippen LogP contribution is 2.22. The Hall–Kier alpha value is -2.35. The number of Topliss-reactive ketones (excluding diaryl/α,β-unsaturated/α-hetero) is 1. The third-order valence-electron chi connectivity index (χ3n) is 2.96. The molecule has 0 aliphatic carbocycles. The topological polar surface area (TPSA) is 73.6 Å². The minimum atomic E-state index is -0.300. The molecular formula is C14H12FN5OS. The number of hydrogen-bond donors (Lipinski definition) is 0. The molecule has 0 amide bonds. The summed E-state index contributed by atoms with van der Waals surface area (Å²) in [5.74, 6) is 0.0635. The van der Waals surface area contributed by atoms with Crippen LogP contribution in [0.1, 0.15) is 12.5 Å². The first-order valence-electron chi connectivity index (χ1n) is 6.55. The largest absolute Gasteiger partial charge is 0.299 e. The van der Waals surface area contributed by atoms with Gasteiger partial charge in [-0.15, -0.1) is 5.10 Å². The van der Waals surface area contributed by atoms with Gasteiger partial charge in [-0.25, -0.2) is 19.0 Å². The van der Waals surface area contributed by atoms with Crippen molar-refractivity contribution in [1.29, 1.82) is 0 Å². The summed E-state index contributed by atoms with van der Waals surface area (Å²) in [6.45, 7) is 1.75. The van der Waals surface area contributed by atoms with Crippen LogP contribution < -0.4 is 0 Å². The molecule has 6 nitrogen and oxygen atoms in total. The van der Waals surface area contributed by atoms with Crippen LogP contribution in [0.25, 0.3) is 11.2 Å². The quantitative estimate of drug-likeness (QED) is 0.530. The molecule has 3 rings (SSSR count). The third kappa shape index (κ3) is 2.96. The summed E-state index contributed by atoms with van der Waals surface area (Å²) >= 11 is 1.29. The van der Waals surface area contributed by atoms with E-state index in [1.807, 2.05) is 0 Å². The molecule has 3 aromatic rings. The average Bonchev–Trinajstić information content (AvgIpc) is 2.91. The lowest BCUT2D eigenvalue weighted by Gasteiger charge is -2.03. The second-order valence-electron chi connectivity index (χ2n) is 4.68. The number of carbonyl (C=O) groups excluding carboxylic acids is 1. The Balaban J connectivity index is 1.94. The molecule has 0 N–H and O–H groups in total. The second-order valence-corrected chi connectivity index (χ2v) is 5.64. The number of aromatic nitrogens is 5. The molecule has 0 bridgehead atoms. The third-order valence-corrected chi connectivity index (χ3v) is 4.08. The van der Waals surface area contributed by atoms with Crippen molar-refractivity contribution in [1.82, 2.24) is 25.0 Å². The Labute approximate surface area is 129 Å². The summed E-state index contributed by atoms with van der Waals surface area (Å²) in [4.78, 5) is 19.4.